The van der Waals surface area contributed by atoms with E-state index < -0.39 is 0 Å². The Bertz CT molecular complexity index is 879. The summed E-state index contributed by atoms with van der Waals surface area (Å²) >= 11 is 0. The molecule has 4 rings (SSSR count). The molecule has 0 unspecified atom stereocenters. The van der Waals surface area contributed by atoms with Gasteiger partial charge in [-0.25, -0.2) is 4.98 Å². The van der Waals surface area contributed by atoms with Gasteiger partial charge in [0.1, 0.15) is 11.6 Å². The van der Waals surface area contributed by atoms with E-state index in [0.29, 0.717) is 0 Å². The molecule has 3 aromatic rings. The van der Waals surface area contributed by atoms with E-state index >= 15 is 0 Å². The zero-order chi connectivity index (χ0) is 19.2. The van der Waals surface area contributed by atoms with Gasteiger partial charge in [-0.1, -0.05) is 29.8 Å². The molecule has 0 bridgehead atoms. The molecule has 1 aliphatic heterocycles. The molecule has 1 saturated heterocycles. The van der Waals surface area contributed by atoms with E-state index in [0.717, 1.165) is 37.3 Å². The number of fused-ring (bicyclic) bond motifs is 1. The van der Waals surface area contributed by atoms with E-state index in [1.807, 2.05) is 12.1 Å². The van der Waals surface area contributed by atoms with E-state index in [2.05, 4.69) is 52.8 Å². The fourth-order valence-corrected chi connectivity index (χ4v) is 4.08. The van der Waals surface area contributed by atoms with Crippen molar-refractivity contribution < 1.29 is 4.74 Å². The zero-order valence-corrected chi connectivity index (χ0v) is 16.9. The maximum absolute atomic E-state index is 5.92. The van der Waals surface area contributed by atoms with E-state index in [1.165, 1.54) is 55.8 Å². The highest BCUT2D eigenvalue weighted by Gasteiger charge is 2.13. The average molecular weight is 378 g/mol. The molecule has 4 heteroatoms. The van der Waals surface area contributed by atoms with Crippen molar-refractivity contribution >= 4 is 11.0 Å². The summed E-state index contributed by atoms with van der Waals surface area (Å²) in [4.78, 5) is 7.51. The second kappa shape index (κ2) is 9.24. The first kappa shape index (κ1) is 19.0. The van der Waals surface area contributed by atoms with Crippen LogP contribution >= 0.6 is 0 Å². The second-order valence-corrected chi connectivity index (χ2v) is 7.84. The zero-order valence-electron chi connectivity index (χ0n) is 16.9. The first-order valence-electron chi connectivity index (χ1n) is 10.7. The smallest absolute Gasteiger partial charge is 0.119 e. The number of hydrogen-bond acceptors (Lipinski definition) is 3. The predicted molar refractivity (Wildman–Crippen MR) is 115 cm³/mol. The van der Waals surface area contributed by atoms with E-state index in [1.54, 1.807) is 0 Å². The lowest BCUT2D eigenvalue weighted by atomic mass is 10.2. The molecule has 0 saturated carbocycles. The molecule has 0 atom stereocenters. The number of imidazole rings is 1. The molecule has 1 aliphatic rings. The highest BCUT2D eigenvalue weighted by molar-refractivity contribution is 5.75. The van der Waals surface area contributed by atoms with Crippen LogP contribution in [0.5, 0.6) is 5.75 Å². The van der Waals surface area contributed by atoms with E-state index in [4.69, 9.17) is 9.72 Å². The largest absolute Gasteiger partial charge is 0.494 e. The lowest BCUT2D eigenvalue weighted by Gasteiger charge is -2.14. The Labute approximate surface area is 168 Å². The SMILES string of the molecule is Cc1ccc(OCCCn2c(CCCN3CCCC3)nc3ccccc32)cc1. The highest BCUT2D eigenvalue weighted by Crippen LogP contribution is 2.19. The van der Waals surface area contributed by atoms with Gasteiger partial charge in [-0.15, -0.1) is 0 Å². The molecule has 0 aliphatic carbocycles. The van der Waals surface area contributed by atoms with Crippen molar-refractivity contribution in [3.63, 3.8) is 0 Å². The summed E-state index contributed by atoms with van der Waals surface area (Å²) < 4.78 is 8.32. The van der Waals surface area contributed by atoms with Gasteiger partial charge >= 0.3 is 0 Å². The molecule has 0 amide bonds. The van der Waals surface area contributed by atoms with Crippen molar-refractivity contribution in [3.8, 4) is 5.75 Å². The van der Waals surface area contributed by atoms with Crippen molar-refractivity contribution in [3.05, 3.63) is 59.9 Å². The Morgan fingerprint density at radius 1 is 0.929 bits per heavy atom. The minimum Gasteiger partial charge on any atom is -0.494 e. The van der Waals surface area contributed by atoms with Crippen LogP contribution in [-0.2, 0) is 13.0 Å². The van der Waals surface area contributed by atoms with Crippen molar-refractivity contribution in [1.29, 1.82) is 0 Å². The van der Waals surface area contributed by atoms with Crippen molar-refractivity contribution in [2.24, 2.45) is 0 Å². The van der Waals surface area contributed by atoms with Gasteiger partial charge in [0.25, 0.3) is 0 Å². The minimum absolute atomic E-state index is 0.725. The second-order valence-electron chi connectivity index (χ2n) is 7.84. The third-order valence-corrected chi connectivity index (χ3v) is 5.62. The van der Waals surface area contributed by atoms with Crippen LogP contribution < -0.4 is 4.74 Å². The molecule has 28 heavy (non-hydrogen) atoms. The number of para-hydroxylation sites is 2. The van der Waals surface area contributed by atoms with Crippen LogP contribution in [0.1, 0.15) is 37.1 Å². The first-order chi connectivity index (χ1) is 13.8. The lowest BCUT2D eigenvalue weighted by Crippen LogP contribution is -2.21. The quantitative estimate of drug-likeness (QED) is 0.500. The summed E-state index contributed by atoms with van der Waals surface area (Å²) in [6, 6.07) is 16.8. The third-order valence-electron chi connectivity index (χ3n) is 5.62. The fourth-order valence-electron chi connectivity index (χ4n) is 4.08. The van der Waals surface area contributed by atoms with Gasteiger partial charge in [-0.05, 0) is 76.5 Å². The van der Waals surface area contributed by atoms with Crippen LogP contribution in [0.3, 0.4) is 0 Å². The number of likely N-dealkylation sites (tertiary alicyclic amines) is 1. The summed E-state index contributed by atoms with van der Waals surface area (Å²) in [5.41, 5.74) is 3.61. The van der Waals surface area contributed by atoms with Crippen LogP contribution in [0.15, 0.2) is 48.5 Å². The third kappa shape index (κ3) is 4.74. The molecule has 148 valence electrons. The number of nitrogens with zero attached hydrogens (tertiary/aromatic N) is 3. The van der Waals surface area contributed by atoms with Gasteiger partial charge in [0, 0.05) is 13.0 Å². The average Bonchev–Trinajstić information content (AvgIpc) is 3.35. The van der Waals surface area contributed by atoms with Gasteiger partial charge in [-0.2, -0.15) is 0 Å². The molecular weight excluding hydrogens is 346 g/mol. The van der Waals surface area contributed by atoms with Crippen LogP contribution in [-0.4, -0.2) is 40.7 Å². The number of aromatic nitrogens is 2. The molecule has 0 N–H and O–H groups in total. The van der Waals surface area contributed by atoms with E-state index in [-0.39, 0.29) is 0 Å². The number of benzene rings is 2. The Balaban J connectivity index is 1.36. The predicted octanol–water partition coefficient (Wildman–Crippen LogP) is 4.84. The highest BCUT2D eigenvalue weighted by atomic mass is 16.5. The maximum Gasteiger partial charge on any atom is 0.119 e. The van der Waals surface area contributed by atoms with Gasteiger partial charge in [0.05, 0.1) is 17.6 Å². The lowest BCUT2D eigenvalue weighted by molar-refractivity contribution is 0.301. The Kier molecular flexibility index (Phi) is 6.27. The molecule has 2 heterocycles. The van der Waals surface area contributed by atoms with Crippen LogP contribution in [0.4, 0.5) is 0 Å². The standard InChI is InChI=1S/C24H31N3O/c1-20-11-13-21(14-12-20)28-19-7-18-27-23-9-3-2-8-22(23)25-24(27)10-6-17-26-15-4-5-16-26/h2-3,8-9,11-14H,4-7,10,15-19H2,1H3. The van der Waals surface area contributed by atoms with Crippen molar-refractivity contribution in [1.82, 2.24) is 14.5 Å². The Morgan fingerprint density at radius 2 is 1.71 bits per heavy atom. The molecule has 0 spiro atoms. The van der Waals surface area contributed by atoms with Crippen LogP contribution in [0.2, 0.25) is 0 Å². The van der Waals surface area contributed by atoms with Gasteiger partial charge < -0.3 is 14.2 Å². The first-order valence-corrected chi connectivity index (χ1v) is 10.7. The summed E-state index contributed by atoms with van der Waals surface area (Å²) in [7, 11) is 0. The van der Waals surface area contributed by atoms with Gasteiger partial charge in [0.2, 0.25) is 0 Å². The molecule has 0 radical (unpaired) electrons. The van der Waals surface area contributed by atoms with Gasteiger partial charge in [0.15, 0.2) is 0 Å². The maximum atomic E-state index is 5.92. The number of aryl methyl sites for hydroxylation is 3. The normalized spacial score (nSPS) is 14.8. The summed E-state index contributed by atoms with van der Waals surface area (Å²) in [6.45, 7) is 7.51. The molecular formula is C24H31N3O. The molecule has 2 aromatic carbocycles. The Morgan fingerprint density at radius 3 is 2.54 bits per heavy atom. The molecule has 1 fully saturated rings. The summed E-state index contributed by atoms with van der Waals surface area (Å²) in [5.74, 6) is 2.17. The topological polar surface area (TPSA) is 30.3 Å². The van der Waals surface area contributed by atoms with Crippen molar-refractivity contribution in [2.45, 2.75) is 45.6 Å². The van der Waals surface area contributed by atoms with Crippen molar-refractivity contribution in [2.75, 3.05) is 26.2 Å². The number of hydrogen-bond donors (Lipinski definition) is 0. The van der Waals surface area contributed by atoms with Crippen LogP contribution in [0.25, 0.3) is 11.0 Å². The van der Waals surface area contributed by atoms with Crippen LogP contribution in [0, 0.1) is 6.92 Å². The monoisotopic (exact) mass is 377 g/mol. The molecule has 1 aromatic heterocycles. The van der Waals surface area contributed by atoms with E-state index in [9.17, 15) is 0 Å². The molecule has 4 nitrogen and oxygen atoms in total. The fraction of sp³-hybridized carbons (Fsp3) is 0.458. The Hall–Kier alpha value is -2.33. The number of ether oxygens (including phenoxy) is 1. The minimum atomic E-state index is 0.725. The number of rotatable bonds is 9. The van der Waals surface area contributed by atoms with Gasteiger partial charge in [-0.3, -0.25) is 0 Å². The summed E-state index contributed by atoms with van der Waals surface area (Å²) in [6.07, 6.45) is 5.93. The summed E-state index contributed by atoms with van der Waals surface area (Å²) in [5, 5.41) is 0.